The van der Waals surface area contributed by atoms with Crippen LogP contribution in [0.3, 0.4) is 0 Å². The van der Waals surface area contributed by atoms with Crippen molar-refractivity contribution >= 4 is 22.8 Å². The minimum atomic E-state index is 0. The predicted molar refractivity (Wildman–Crippen MR) is 126 cm³/mol. The van der Waals surface area contributed by atoms with Gasteiger partial charge in [-0.15, -0.1) is 0 Å². The Bertz CT molecular complexity index is 938. The molecule has 0 radical (unpaired) electrons. The molecule has 2 nitrogen and oxygen atoms in total. The van der Waals surface area contributed by atoms with Gasteiger partial charge in [-0.05, 0) is 67.2 Å². The van der Waals surface area contributed by atoms with Crippen LogP contribution in [-0.4, -0.2) is 11.4 Å². The summed E-state index contributed by atoms with van der Waals surface area (Å²) in [7, 11) is 0. The molecule has 2 aromatic carbocycles. The van der Waals surface area contributed by atoms with Crippen LogP contribution in [0.4, 0.5) is 11.4 Å². The molecule has 2 saturated carbocycles. The summed E-state index contributed by atoms with van der Waals surface area (Å²) in [5.41, 5.74) is 10.1. The molecule has 0 aromatic heterocycles. The molecule has 2 unspecified atom stereocenters. The van der Waals surface area contributed by atoms with Gasteiger partial charge in [0.2, 0.25) is 0 Å². The smallest absolute Gasteiger partial charge is 0.0703 e. The van der Waals surface area contributed by atoms with Crippen LogP contribution in [0.2, 0.25) is 0 Å². The fourth-order valence-corrected chi connectivity index (χ4v) is 5.06. The zero-order valence-electron chi connectivity index (χ0n) is 19.1. The van der Waals surface area contributed by atoms with Gasteiger partial charge in [0.1, 0.15) is 0 Å². The molecule has 0 amide bonds. The summed E-state index contributed by atoms with van der Waals surface area (Å²) in [5, 5.41) is 0. The Morgan fingerprint density at radius 2 is 1.13 bits per heavy atom. The summed E-state index contributed by atoms with van der Waals surface area (Å²) in [5.74, 6) is 2.08. The van der Waals surface area contributed by atoms with E-state index in [1.165, 1.54) is 58.6 Å². The minimum Gasteiger partial charge on any atom is -0.251 e. The van der Waals surface area contributed by atoms with Gasteiger partial charge < -0.3 is 0 Å². The van der Waals surface area contributed by atoms with Gasteiger partial charge in [-0.3, -0.25) is 9.98 Å². The van der Waals surface area contributed by atoms with Crippen molar-refractivity contribution in [2.75, 3.05) is 0 Å². The maximum Gasteiger partial charge on any atom is 0.0703 e. The Kier molecular flexibility index (Phi) is 7.03. The Morgan fingerprint density at radius 3 is 1.60 bits per heavy atom. The number of benzene rings is 2. The fourth-order valence-electron chi connectivity index (χ4n) is 5.06. The van der Waals surface area contributed by atoms with E-state index in [2.05, 4.69) is 77.9 Å². The second-order valence-corrected chi connectivity index (χ2v) is 9.54. The molecule has 2 fully saturated rings. The average Bonchev–Trinajstić information content (AvgIpc) is 3.27. The first-order valence-corrected chi connectivity index (χ1v) is 11.2. The van der Waals surface area contributed by atoms with Crippen LogP contribution in [0.15, 0.2) is 46.4 Å². The van der Waals surface area contributed by atoms with E-state index in [1.54, 1.807) is 0 Å². The van der Waals surface area contributed by atoms with Crippen LogP contribution in [0, 0.1) is 25.7 Å². The second kappa shape index (κ2) is 9.19. The fraction of sp³-hybridized carbons (Fsp3) is 0.481. The normalized spacial score (nSPS) is 23.1. The van der Waals surface area contributed by atoms with Gasteiger partial charge in [-0.1, -0.05) is 64.1 Å². The number of aryl methyl sites for hydroxylation is 2. The van der Waals surface area contributed by atoms with Crippen molar-refractivity contribution in [2.45, 2.75) is 72.6 Å². The molecule has 2 aromatic rings. The quantitative estimate of drug-likeness (QED) is 0.429. The van der Waals surface area contributed by atoms with Gasteiger partial charge in [0.25, 0.3) is 0 Å². The monoisotopic (exact) mass is 444 g/mol. The minimum absolute atomic E-state index is 0. The summed E-state index contributed by atoms with van der Waals surface area (Å²) >= 11 is 0. The standard InChI is InChI=1S/C27H34N2.Ni/c1-16(2)22-11-8-12-23(17(3)4)27(22)29-26-21-14-13-20(15-21)25(26)28-24-18(5)9-7-10-19(24)6;/h7-12,16-17,20-21H,13-15H2,1-6H3;. The van der Waals surface area contributed by atoms with E-state index in [-0.39, 0.29) is 16.5 Å². The molecule has 2 bridgehead atoms. The molecule has 0 aliphatic heterocycles. The van der Waals surface area contributed by atoms with E-state index in [4.69, 9.17) is 9.98 Å². The van der Waals surface area contributed by atoms with Gasteiger partial charge in [0.15, 0.2) is 0 Å². The molecule has 2 aliphatic rings. The molecule has 0 saturated heterocycles. The zero-order chi connectivity index (χ0) is 20.7. The summed E-state index contributed by atoms with van der Waals surface area (Å²) in [6, 6.07) is 13.2. The number of aliphatic imine (C=N–C) groups is 2. The van der Waals surface area contributed by atoms with E-state index in [0.29, 0.717) is 23.7 Å². The van der Waals surface area contributed by atoms with E-state index in [9.17, 15) is 0 Å². The molecule has 4 rings (SSSR count). The van der Waals surface area contributed by atoms with Crippen molar-refractivity contribution in [3.05, 3.63) is 58.7 Å². The number of rotatable bonds is 4. The number of hydrogen-bond acceptors (Lipinski definition) is 2. The van der Waals surface area contributed by atoms with Crippen LogP contribution >= 0.6 is 0 Å². The van der Waals surface area contributed by atoms with Crippen LogP contribution in [-0.2, 0) is 16.5 Å². The summed E-state index contributed by atoms with van der Waals surface area (Å²) in [6.45, 7) is 13.4. The Morgan fingerprint density at radius 1 is 0.700 bits per heavy atom. The molecule has 2 aliphatic carbocycles. The summed E-state index contributed by atoms with van der Waals surface area (Å²) < 4.78 is 0. The molecular formula is C27H34N2Ni. The third-order valence-corrected chi connectivity index (χ3v) is 6.71. The second-order valence-electron chi connectivity index (χ2n) is 9.54. The molecule has 30 heavy (non-hydrogen) atoms. The molecule has 0 spiro atoms. The van der Waals surface area contributed by atoms with Gasteiger partial charge in [0.05, 0.1) is 22.8 Å². The van der Waals surface area contributed by atoms with Crippen LogP contribution in [0.25, 0.3) is 0 Å². The zero-order valence-corrected chi connectivity index (χ0v) is 20.1. The van der Waals surface area contributed by atoms with Crippen LogP contribution < -0.4 is 0 Å². The molecule has 2 atom stereocenters. The van der Waals surface area contributed by atoms with Crippen molar-refractivity contribution in [1.29, 1.82) is 0 Å². The first kappa shape index (κ1) is 22.9. The number of fused-ring (bicyclic) bond motifs is 2. The third kappa shape index (κ3) is 4.19. The Labute approximate surface area is 192 Å². The summed E-state index contributed by atoms with van der Waals surface area (Å²) in [6.07, 6.45) is 3.75. The predicted octanol–water partition coefficient (Wildman–Crippen LogP) is 7.82. The van der Waals surface area contributed by atoms with E-state index >= 15 is 0 Å². The first-order valence-electron chi connectivity index (χ1n) is 11.2. The molecular weight excluding hydrogens is 411 g/mol. The number of hydrogen-bond donors (Lipinski definition) is 0. The topological polar surface area (TPSA) is 24.7 Å². The Hall–Kier alpha value is -1.73. The van der Waals surface area contributed by atoms with Crippen LogP contribution in [0.1, 0.15) is 81.0 Å². The SMILES string of the molecule is Cc1cccc(C)c1N=C1C(=Nc2c(C(C)C)cccc2C(C)C)C2CCC1C2.[Ni]. The van der Waals surface area contributed by atoms with E-state index < -0.39 is 0 Å². The molecule has 3 heteroatoms. The summed E-state index contributed by atoms with van der Waals surface area (Å²) in [4.78, 5) is 10.7. The first-order chi connectivity index (χ1) is 13.9. The average molecular weight is 445 g/mol. The van der Waals surface area contributed by atoms with Crippen molar-refractivity contribution in [1.82, 2.24) is 0 Å². The van der Waals surface area contributed by atoms with Gasteiger partial charge in [-0.2, -0.15) is 0 Å². The maximum atomic E-state index is 5.41. The Balaban J connectivity index is 0.00000256. The number of nitrogens with zero attached hydrogens (tertiary/aromatic N) is 2. The largest absolute Gasteiger partial charge is 0.251 e. The van der Waals surface area contributed by atoms with E-state index in [1.807, 2.05) is 0 Å². The van der Waals surface area contributed by atoms with Crippen molar-refractivity contribution in [3.63, 3.8) is 0 Å². The van der Waals surface area contributed by atoms with E-state index in [0.717, 1.165) is 5.69 Å². The van der Waals surface area contributed by atoms with Gasteiger partial charge in [0, 0.05) is 28.3 Å². The molecule has 0 heterocycles. The number of para-hydroxylation sites is 2. The van der Waals surface area contributed by atoms with Crippen molar-refractivity contribution < 1.29 is 16.5 Å². The van der Waals surface area contributed by atoms with Gasteiger partial charge >= 0.3 is 0 Å². The third-order valence-electron chi connectivity index (χ3n) is 6.71. The molecule has 162 valence electrons. The van der Waals surface area contributed by atoms with Crippen molar-refractivity contribution in [3.8, 4) is 0 Å². The van der Waals surface area contributed by atoms with Gasteiger partial charge in [-0.25, -0.2) is 0 Å². The maximum absolute atomic E-state index is 5.41. The van der Waals surface area contributed by atoms with Crippen molar-refractivity contribution in [2.24, 2.45) is 21.8 Å². The molecule has 0 N–H and O–H groups in total. The van der Waals surface area contributed by atoms with Crippen LogP contribution in [0.5, 0.6) is 0 Å².